The maximum absolute atomic E-state index is 12.9. The van der Waals surface area contributed by atoms with Gasteiger partial charge >= 0.3 is 0 Å². The van der Waals surface area contributed by atoms with Crippen LogP contribution in [0, 0.1) is 5.82 Å². The molecule has 3 N–H and O–H groups in total. The Labute approximate surface area is 176 Å². The molecule has 8 nitrogen and oxygen atoms in total. The molecule has 0 unspecified atom stereocenters. The van der Waals surface area contributed by atoms with Crippen LogP contribution in [0.3, 0.4) is 0 Å². The second-order valence-corrected chi connectivity index (χ2v) is 10.2. The average Bonchev–Trinajstić information content (AvgIpc) is 2.71. The van der Waals surface area contributed by atoms with Gasteiger partial charge in [0.1, 0.15) is 5.82 Å². The summed E-state index contributed by atoms with van der Waals surface area (Å²) < 4.78 is 64.7. The van der Waals surface area contributed by atoms with E-state index in [1.54, 1.807) is 24.3 Å². The zero-order valence-corrected chi connectivity index (χ0v) is 18.0. The predicted octanol–water partition coefficient (Wildman–Crippen LogP) is 1.25. The molecule has 0 fully saturated rings. The highest BCUT2D eigenvalue weighted by Crippen LogP contribution is 2.10. The van der Waals surface area contributed by atoms with E-state index in [0.29, 0.717) is 12.0 Å². The number of sulfonamides is 2. The first-order valence-corrected chi connectivity index (χ1v) is 12.3. The Morgan fingerprint density at radius 1 is 0.933 bits per heavy atom. The van der Waals surface area contributed by atoms with Crippen LogP contribution in [0.15, 0.2) is 53.4 Å². The van der Waals surface area contributed by atoms with E-state index in [2.05, 4.69) is 14.8 Å². The van der Waals surface area contributed by atoms with Crippen LogP contribution in [-0.4, -0.2) is 36.3 Å². The molecule has 2 aromatic carbocycles. The Hall–Kier alpha value is -2.34. The van der Waals surface area contributed by atoms with Crippen molar-refractivity contribution >= 4 is 26.0 Å². The Bertz CT molecular complexity index is 1050. The third kappa shape index (κ3) is 7.82. The molecule has 1 amide bonds. The molecule has 2 rings (SSSR count). The minimum absolute atomic E-state index is 0.0423. The van der Waals surface area contributed by atoms with Gasteiger partial charge in [-0.3, -0.25) is 4.79 Å². The van der Waals surface area contributed by atoms with Gasteiger partial charge in [-0.2, -0.15) is 0 Å². The molecule has 0 spiro atoms. The molecule has 0 atom stereocenters. The van der Waals surface area contributed by atoms with E-state index in [1.807, 2.05) is 0 Å². The highest BCUT2D eigenvalue weighted by atomic mass is 32.2. The summed E-state index contributed by atoms with van der Waals surface area (Å²) in [5, 5.41) is 2.72. The largest absolute Gasteiger partial charge is 0.352 e. The lowest BCUT2D eigenvalue weighted by molar-refractivity contribution is -0.121. The van der Waals surface area contributed by atoms with Crippen LogP contribution in [0.25, 0.3) is 0 Å². The van der Waals surface area contributed by atoms with Gasteiger partial charge in [-0.1, -0.05) is 24.3 Å². The van der Waals surface area contributed by atoms with Crippen LogP contribution in [-0.2, 0) is 37.1 Å². The van der Waals surface area contributed by atoms with Crippen LogP contribution in [0.1, 0.15) is 24.0 Å². The third-order valence-corrected chi connectivity index (χ3v) is 6.99. The third-order valence-electron chi connectivity index (χ3n) is 4.18. The van der Waals surface area contributed by atoms with Crippen LogP contribution in [0.5, 0.6) is 0 Å². The molecule has 0 bridgehead atoms. The average molecular weight is 458 g/mol. The van der Waals surface area contributed by atoms with Crippen molar-refractivity contribution in [2.24, 2.45) is 0 Å². The minimum atomic E-state index is -3.75. The van der Waals surface area contributed by atoms with E-state index < -0.39 is 25.9 Å². The van der Waals surface area contributed by atoms with E-state index in [0.717, 1.165) is 17.7 Å². The highest BCUT2D eigenvalue weighted by molar-refractivity contribution is 7.89. The van der Waals surface area contributed by atoms with E-state index in [-0.39, 0.29) is 36.1 Å². The molecule has 0 heterocycles. The summed E-state index contributed by atoms with van der Waals surface area (Å²) in [6.07, 6.45) is 0.428. The van der Waals surface area contributed by atoms with Crippen molar-refractivity contribution in [3.05, 3.63) is 65.5 Å². The predicted molar refractivity (Wildman–Crippen MR) is 111 cm³/mol. The van der Waals surface area contributed by atoms with Crippen molar-refractivity contribution in [3.63, 3.8) is 0 Å². The molecule has 0 aliphatic rings. The van der Waals surface area contributed by atoms with Crippen molar-refractivity contribution in [2.45, 2.75) is 30.0 Å². The van der Waals surface area contributed by atoms with Crippen LogP contribution >= 0.6 is 0 Å². The van der Waals surface area contributed by atoms with Gasteiger partial charge in [-0.15, -0.1) is 0 Å². The smallest absolute Gasteiger partial charge is 0.240 e. The lowest BCUT2D eigenvalue weighted by Crippen LogP contribution is -2.27. The van der Waals surface area contributed by atoms with Crippen molar-refractivity contribution in [1.82, 2.24) is 14.8 Å². The second-order valence-electron chi connectivity index (χ2n) is 6.51. The van der Waals surface area contributed by atoms with E-state index >= 15 is 0 Å². The number of nitrogens with one attached hydrogen (secondary N) is 3. The van der Waals surface area contributed by atoms with Crippen molar-refractivity contribution in [2.75, 3.05) is 13.6 Å². The molecule has 0 saturated carbocycles. The lowest BCUT2D eigenvalue weighted by Gasteiger charge is -2.08. The molecule has 0 saturated heterocycles. The Morgan fingerprint density at radius 2 is 1.53 bits per heavy atom. The van der Waals surface area contributed by atoms with Crippen LogP contribution in [0.2, 0.25) is 0 Å². The summed E-state index contributed by atoms with van der Waals surface area (Å²) in [5.41, 5.74) is 1.44. The number of hydrogen-bond donors (Lipinski definition) is 3. The first-order chi connectivity index (χ1) is 14.1. The van der Waals surface area contributed by atoms with Crippen LogP contribution < -0.4 is 14.8 Å². The van der Waals surface area contributed by atoms with Gasteiger partial charge < -0.3 is 5.32 Å². The quantitative estimate of drug-likeness (QED) is 0.439. The Balaban J connectivity index is 1.72. The Morgan fingerprint density at radius 3 is 2.13 bits per heavy atom. The first kappa shape index (κ1) is 23.9. The van der Waals surface area contributed by atoms with E-state index in [4.69, 9.17) is 0 Å². The number of carbonyl (C=O) groups is 1. The number of amides is 1. The molecular formula is C19H24FN3O5S2. The number of benzene rings is 2. The van der Waals surface area contributed by atoms with Gasteiger partial charge in [-0.05, 0) is 48.9 Å². The topological polar surface area (TPSA) is 121 Å². The molecule has 30 heavy (non-hydrogen) atoms. The minimum Gasteiger partial charge on any atom is -0.352 e. The number of rotatable bonds is 11. The first-order valence-electron chi connectivity index (χ1n) is 9.12. The summed E-state index contributed by atoms with van der Waals surface area (Å²) >= 11 is 0. The monoisotopic (exact) mass is 457 g/mol. The number of halogens is 1. The SMILES string of the molecule is CNS(=O)(=O)Cc1ccc(CNC(=O)CCCNS(=O)(=O)c2ccc(F)cc2)cc1. The molecule has 0 radical (unpaired) electrons. The van der Waals surface area contributed by atoms with Gasteiger partial charge in [0.25, 0.3) is 0 Å². The van der Waals surface area contributed by atoms with Gasteiger partial charge in [0.05, 0.1) is 10.6 Å². The fraction of sp³-hybridized carbons (Fsp3) is 0.316. The number of hydrogen-bond acceptors (Lipinski definition) is 5. The summed E-state index contributed by atoms with van der Waals surface area (Å²) in [4.78, 5) is 11.9. The van der Waals surface area contributed by atoms with Gasteiger partial charge in [0.15, 0.2) is 0 Å². The normalized spacial score (nSPS) is 11.9. The zero-order chi connectivity index (χ0) is 22.2. The molecule has 0 aliphatic heterocycles. The molecule has 0 aliphatic carbocycles. The van der Waals surface area contributed by atoms with E-state index in [1.165, 1.54) is 19.2 Å². The second kappa shape index (κ2) is 10.6. The van der Waals surface area contributed by atoms with Crippen molar-refractivity contribution in [1.29, 1.82) is 0 Å². The van der Waals surface area contributed by atoms with Gasteiger partial charge in [0, 0.05) is 19.5 Å². The maximum Gasteiger partial charge on any atom is 0.240 e. The maximum atomic E-state index is 12.9. The molecule has 2 aromatic rings. The van der Waals surface area contributed by atoms with Crippen molar-refractivity contribution < 1.29 is 26.0 Å². The summed E-state index contributed by atoms with van der Waals surface area (Å²) in [6.45, 7) is 0.348. The lowest BCUT2D eigenvalue weighted by atomic mass is 10.1. The standard InChI is InChI=1S/C19H24FN3O5S2/c1-21-29(25,26)14-16-6-4-15(5-7-16)13-22-19(24)3-2-12-23-30(27,28)18-10-8-17(20)9-11-18/h4-11,21,23H,2-3,12-14H2,1H3,(H,22,24). The van der Waals surface area contributed by atoms with Gasteiger partial charge in [-0.25, -0.2) is 30.7 Å². The highest BCUT2D eigenvalue weighted by Gasteiger charge is 2.13. The molecule has 0 aromatic heterocycles. The molecular weight excluding hydrogens is 433 g/mol. The summed E-state index contributed by atoms with van der Waals surface area (Å²) in [7, 11) is -5.73. The van der Waals surface area contributed by atoms with E-state index in [9.17, 15) is 26.0 Å². The fourth-order valence-electron chi connectivity index (χ4n) is 2.49. The molecule has 164 valence electrons. The number of carbonyl (C=O) groups excluding carboxylic acids is 1. The summed E-state index contributed by atoms with van der Waals surface area (Å²) in [5.74, 6) is -0.884. The van der Waals surface area contributed by atoms with Crippen LogP contribution in [0.4, 0.5) is 4.39 Å². The summed E-state index contributed by atoms with van der Waals surface area (Å²) in [6, 6.07) is 11.3. The Kier molecular flexibility index (Phi) is 8.47. The van der Waals surface area contributed by atoms with Crippen molar-refractivity contribution in [3.8, 4) is 0 Å². The fourth-order valence-corrected chi connectivity index (χ4v) is 4.34. The molecule has 11 heteroatoms. The van der Waals surface area contributed by atoms with Gasteiger partial charge in [0.2, 0.25) is 26.0 Å². The zero-order valence-electron chi connectivity index (χ0n) is 16.4.